The third-order valence-electron chi connectivity index (χ3n) is 7.52. The third-order valence-corrected chi connectivity index (χ3v) is 9.33. The zero-order valence-corrected chi connectivity index (χ0v) is 25.3. The second-order valence-corrected chi connectivity index (χ2v) is 12.5. The van der Waals surface area contributed by atoms with Crippen molar-refractivity contribution in [3.05, 3.63) is 109 Å². The first-order valence-electron chi connectivity index (χ1n) is 12.4. The second kappa shape index (κ2) is 9.89. The Morgan fingerprint density at radius 1 is 0.439 bits per heavy atom. The molecule has 6 nitrogen and oxygen atoms in total. The van der Waals surface area contributed by atoms with E-state index in [0.29, 0.717) is 10.8 Å². The van der Waals surface area contributed by atoms with Crippen LogP contribution in [0, 0.1) is 0 Å². The molecule has 8 aromatic rings. The fraction of sp³-hybridized carbons (Fsp3) is 0. The smallest absolute Gasteiger partial charge is 0.744 e. The normalized spacial score (nSPS) is 12.3. The molecule has 8 rings (SSSR count). The SMILES string of the molecule is O=S(=O)(O)c1ccc2ccc3cccc4ccc1c2c34.O=S(=O)([O-])c1ccc2ccc3cccc4ccc1c2c34.[Na+]. The summed E-state index contributed by atoms with van der Waals surface area (Å²) in [6.45, 7) is 0. The molecule has 0 bridgehead atoms. The molecule has 0 atom stereocenters. The van der Waals surface area contributed by atoms with Gasteiger partial charge in [0.25, 0.3) is 10.1 Å². The summed E-state index contributed by atoms with van der Waals surface area (Å²) in [4.78, 5) is -0.188. The topological polar surface area (TPSA) is 112 Å². The summed E-state index contributed by atoms with van der Waals surface area (Å²) in [5, 5.41) is 11.0. The van der Waals surface area contributed by atoms with Crippen LogP contribution in [0.4, 0.5) is 0 Å². The number of hydrogen-bond acceptors (Lipinski definition) is 5. The van der Waals surface area contributed by atoms with Crippen molar-refractivity contribution in [1.82, 2.24) is 0 Å². The summed E-state index contributed by atoms with van der Waals surface area (Å²) in [5.74, 6) is 0. The van der Waals surface area contributed by atoms with Crippen LogP contribution in [0.1, 0.15) is 0 Å². The molecule has 0 saturated heterocycles. The van der Waals surface area contributed by atoms with Crippen molar-refractivity contribution in [2.45, 2.75) is 9.79 Å². The van der Waals surface area contributed by atoms with Crippen molar-refractivity contribution in [1.29, 1.82) is 0 Å². The van der Waals surface area contributed by atoms with Gasteiger partial charge in [-0.15, -0.1) is 0 Å². The van der Waals surface area contributed by atoms with Crippen molar-refractivity contribution < 1.29 is 55.5 Å². The van der Waals surface area contributed by atoms with Gasteiger partial charge in [-0.25, -0.2) is 8.42 Å². The average molecular weight is 587 g/mol. The molecule has 1 N–H and O–H groups in total. The molecule has 0 aliphatic heterocycles. The van der Waals surface area contributed by atoms with Crippen molar-refractivity contribution in [2.24, 2.45) is 0 Å². The van der Waals surface area contributed by atoms with Gasteiger partial charge in [0.05, 0.1) is 4.90 Å². The van der Waals surface area contributed by atoms with Gasteiger partial charge in [-0.2, -0.15) is 8.42 Å². The Kier molecular flexibility index (Phi) is 6.71. The van der Waals surface area contributed by atoms with E-state index in [2.05, 4.69) is 0 Å². The predicted octanol–water partition coefficient (Wildman–Crippen LogP) is 4.32. The summed E-state index contributed by atoms with van der Waals surface area (Å²) in [7, 11) is -8.71. The minimum absolute atomic E-state index is 0. The van der Waals surface area contributed by atoms with Gasteiger partial charge in [-0.3, -0.25) is 4.55 Å². The predicted molar refractivity (Wildman–Crippen MR) is 158 cm³/mol. The molecule has 0 aliphatic rings. The fourth-order valence-electron chi connectivity index (χ4n) is 5.86. The Balaban J connectivity index is 0.000000144. The molecule has 0 aromatic heterocycles. The van der Waals surface area contributed by atoms with Gasteiger partial charge in [0.15, 0.2) is 0 Å². The molecule has 8 aromatic carbocycles. The van der Waals surface area contributed by atoms with Crippen molar-refractivity contribution in [3.63, 3.8) is 0 Å². The Morgan fingerprint density at radius 2 is 0.756 bits per heavy atom. The molecular weight excluding hydrogens is 567 g/mol. The largest absolute Gasteiger partial charge is 1.00 e. The monoisotopic (exact) mass is 586 g/mol. The molecule has 41 heavy (non-hydrogen) atoms. The number of benzene rings is 8. The summed E-state index contributed by atoms with van der Waals surface area (Å²) in [6, 6.07) is 33.4. The third kappa shape index (κ3) is 4.52. The van der Waals surface area contributed by atoms with Crippen LogP contribution in [-0.2, 0) is 20.2 Å². The first-order chi connectivity index (χ1) is 19.1. The summed E-state index contributed by atoms with van der Waals surface area (Å²) >= 11 is 0. The van der Waals surface area contributed by atoms with Crippen LogP contribution in [0.15, 0.2) is 119 Å². The van der Waals surface area contributed by atoms with Crippen LogP contribution in [0.25, 0.3) is 64.6 Å². The molecule has 0 amide bonds. The van der Waals surface area contributed by atoms with Crippen LogP contribution in [0.3, 0.4) is 0 Å². The van der Waals surface area contributed by atoms with Crippen LogP contribution in [0.5, 0.6) is 0 Å². The minimum Gasteiger partial charge on any atom is -0.744 e. The van der Waals surface area contributed by atoms with Crippen molar-refractivity contribution in [3.8, 4) is 0 Å². The van der Waals surface area contributed by atoms with Gasteiger partial charge < -0.3 is 4.55 Å². The van der Waals surface area contributed by atoms with Gasteiger partial charge >= 0.3 is 29.6 Å². The molecule has 0 heterocycles. The van der Waals surface area contributed by atoms with Gasteiger partial charge in [-0.05, 0) is 66.0 Å². The number of rotatable bonds is 2. The van der Waals surface area contributed by atoms with E-state index in [-0.39, 0.29) is 39.3 Å². The maximum Gasteiger partial charge on any atom is 1.00 e. The van der Waals surface area contributed by atoms with Gasteiger partial charge in [0.2, 0.25) is 0 Å². The van der Waals surface area contributed by atoms with E-state index in [9.17, 15) is 25.9 Å². The molecular formula is C32H19NaO6S2. The standard InChI is InChI=1S/2C16H10O3S.Na/c2*17-20(18,19)14-9-7-12-5-4-10-2-1-3-11-6-8-13(14)16(12)15(10)11;/h2*1-9H,(H,17,18,19);/q;;+1/p-1. The van der Waals surface area contributed by atoms with E-state index in [1.165, 1.54) is 12.1 Å². The second-order valence-electron chi connectivity index (χ2n) is 9.77. The first-order valence-corrected chi connectivity index (χ1v) is 15.2. The Bertz CT molecular complexity index is 2280. The van der Waals surface area contributed by atoms with Crippen LogP contribution < -0.4 is 29.6 Å². The van der Waals surface area contributed by atoms with E-state index in [1.54, 1.807) is 24.3 Å². The number of hydrogen-bond donors (Lipinski definition) is 1. The maximum atomic E-state index is 11.5. The molecule has 0 radical (unpaired) electrons. The van der Waals surface area contributed by atoms with Crippen LogP contribution >= 0.6 is 0 Å². The van der Waals surface area contributed by atoms with E-state index in [4.69, 9.17) is 0 Å². The van der Waals surface area contributed by atoms with Crippen LogP contribution in [0.2, 0.25) is 0 Å². The summed E-state index contributed by atoms with van der Waals surface area (Å²) in [5.41, 5.74) is 0. The molecule has 0 aliphatic carbocycles. The molecule has 0 unspecified atom stereocenters. The van der Waals surface area contributed by atoms with E-state index < -0.39 is 20.2 Å². The maximum absolute atomic E-state index is 11.5. The molecule has 196 valence electrons. The molecule has 0 fully saturated rings. The Labute approximate surface area is 257 Å². The van der Waals surface area contributed by atoms with Gasteiger partial charge in [0, 0.05) is 10.8 Å². The van der Waals surface area contributed by atoms with E-state index >= 15 is 0 Å². The molecule has 0 saturated carbocycles. The molecule has 9 heteroatoms. The molecule has 0 spiro atoms. The van der Waals surface area contributed by atoms with Gasteiger partial charge in [0.1, 0.15) is 15.0 Å². The van der Waals surface area contributed by atoms with E-state index in [0.717, 1.165) is 53.9 Å². The average Bonchev–Trinajstić information content (AvgIpc) is 2.94. The zero-order chi connectivity index (χ0) is 27.8. The summed E-state index contributed by atoms with van der Waals surface area (Å²) in [6.07, 6.45) is 0. The zero-order valence-electron chi connectivity index (χ0n) is 21.7. The minimum atomic E-state index is -4.48. The van der Waals surface area contributed by atoms with Crippen molar-refractivity contribution >= 4 is 84.9 Å². The van der Waals surface area contributed by atoms with Crippen LogP contribution in [-0.4, -0.2) is 25.9 Å². The quantitative estimate of drug-likeness (QED) is 0.184. The van der Waals surface area contributed by atoms with E-state index in [1.807, 2.05) is 72.8 Å². The first kappa shape index (κ1) is 27.8. The van der Waals surface area contributed by atoms with Crippen molar-refractivity contribution in [2.75, 3.05) is 0 Å². The summed E-state index contributed by atoms with van der Waals surface area (Å²) < 4.78 is 66.7. The fourth-order valence-corrected chi connectivity index (χ4v) is 7.22. The Hall–Kier alpha value is -3.34. The van der Waals surface area contributed by atoms with Gasteiger partial charge in [-0.1, -0.05) is 97.1 Å². The Morgan fingerprint density at radius 3 is 1.15 bits per heavy atom.